The van der Waals surface area contributed by atoms with Gasteiger partial charge in [-0.25, -0.2) is 4.98 Å². The molecule has 17 heavy (non-hydrogen) atoms. The lowest BCUT2D eigenvalue weighted by Crippen LogP contribution is -2.48. The second-order valence-corrected chi connectivity index (χ2v) is 6.53. The highest BCUT2D eigenvalue weighted by Gasteiger charge is 2.23. The fourth-order valence-electron chi connectivity index (χ4n) is 2.62. The van der Waals surface area contributed by atoms with E-state index in [0.29, 0.717) is 6.04 Å². The molecule has 0 unspecified atom stereocenters. The van der Waals surface area contributed by atoms with Crippen molar-refractivity contribution in [2.75, 3.05) is 19.6 Å². The molecule has 1 aromatic heterocycles. The number of piperazine rings is 1. The summed E-state index contributed by atoms with van der Waals surface area (Å²) in [4.78, 5) is 8.59. The van der Waals surface area contributed by atoms with Crippen LogP contribution in [0.5, 0.6) is 0 Å². The quantitative estimate of drug-likeness (QED) is 0.892. The van der Waals surface area contributed by atoms with E-state index in [0.717, 1.165) is 25.6 Å². The minimum atomic E-state index is 0.628. The highest BCUT2D eigenvalue weighted by atomic mass is 32.1. The minimum absolute atomic E-state index is 0.628. The molecular formula is C13H21N3S. The highest BCUT2D eigenvalue weighted by Crippen LogP contribution is 2.38. The van der Waals surface area contributed by atoms with Gasteiger partial charge < -0.3 is 5.32 Å². The lowest BCUT2D eigenvalue weighted by atomic mass is 9.86. The number of nitrogens with zero attached hydrogens (tertiary/aromatic N) is 2. The van der Waals surface area contributed by atoms with Gasteiger partial charge in [-0.05, 0) is 19.8 Å². The van der Waals surface area contributed by atoms with Gasteiger partial charge in [0.1, 0.15) is 0 Å². The molecule has 0 bridgehead atoms. The van der Waals surface area contributed by atoms with Gasteiger partial charge in [0, 0.05) is 49.2 Å². The largest absolute Gasteiger partial charge is 0.312 e. The first kappa shape index (κ1) is 11.6. The first-order valence-electron chi connectivity index (χ1n) is 6.71. The Balaban J connectivity index is 1.58. The van der Waals surface area contributed by atoms with E-state index >= 15 is 0 Å². The molecule has 2 aliphatic rings. The molecule has 0 spiro atoms. The van der Waals surface area contributed by atoms with Crippen molar-refractivity contribution >= 4 is 11.3 Å². The van der Waals surface area contributed by atoms with E-state index in [2.05, 4.69) is 28.3 Å². The molecule has 0 aromatic carbocycles. The molecule has 0 amide bonds. The van der Waals surface area contributed by atoms with Crippen LogP contribution in [0, 0.1) is 0 Å². The van der Waals surface area contributed by atoms with Gasteiger partial charge in [-0.2, -0.15) is 0 Å². The SMILES string of the molecule is C[C@@H]1CN(Cc2cnc(C3CCC3)s2)CCN1. The third kappa shape index (κ3) is 2.69. The van der Waals surface area contributed by atoms with Crippen molar-refractivity contribution in [2.45, 2.75) is 44.7 Å². The fourth-order valence-corrected chi connectivity index (χ4v) is 3.74. The maximum Gasteiger partial charge on any atom is 0.0959 e. The molecule has 2 fully saturated rings. The van der Waals surface area contributed by atoms with E-state index < -0.39 is 0 Å². The zero-order valence-corrected chi connectivity index (χ0v) is 11.3. The summed E-state index contributed by atoms with van der Waals surface area (Å²) in [6, 6.07) is 0.628. The molecule has 1 aliphatic carbocycles. The van der Waals surface area contributed by atoms with Crippen molar-refractivity contribution in [3.05, 3.63) is 16.1 Å². The summed E-state index contributed by atoms with van der Waals surface area (Å²) < 4.78 is 0. The van der Waals surface area contributed by atoms with Crippen LogP contribution in [0.2, 0.25) is 0 Å². The molecule has 1 saturated carbocycles. The molecule has 0 radical (unpaired) electrons. The second kappa shape index (κ2) is 5.04. The summed E-state index contributed by atoms with van der Waals surface area (Å²) in [6.45, 7) is 6.81. The van der Waals surface area contributed by atoms with Gasteiger partial charge in [0.25, 0.3) is 0 Å². The van der Waals surface area contributed by atoms with Gasteiger partial charge in [0.05, 0.1) is 5.01 Å². The molecule has 2 heterocycles. The lowest BCUT2D eigenvalue weighted by Gasteiger charge is -2.31. The number of hydrogen-bond acceptors (Lipinski definition) is 4. The average Bonchev–Trinajstić information content (AvgIpc) is 2.63. The van der Waals surface area contributed by atoms with E-state index in [1.165, 1.54) is 35.7 Å². The first-order valence-corrected chi connectivity index (χ1v) is 7.53. The number of thiazole rings is 1. The Morgan fingerprint density at radius 1 is 1.53 bits per heavy atom. The van der Waals surface area contributed by atoms with Crippen LogP contribution in [0.15, 0.2) is 6.20 Å². The molecule has 3 rings (SSSR count). The summed E-state index contributed by atoms with van der Waals surface area (Å²) in [5, 5.41) is 4.87. The number of nitrogens with one attached hydrogen (secondary N) is 1. The van der Waals surface area contributed by atoms with Crippen LogP contribution in [-0.2, 0) is 6.54 Å². The molecule has 1 N–H and O–H groups in total. The Labute approximate surface area is 107 Å². The van der Waals surface area contributed by atoms with E-state index in [9.17, 15) is 0 Å². The molecule has 3 nitrogen and oxygen atoms in total. The van der Waals surface area contributed by atoms with Crippen LogP contribution in [-0.4, -0.2) is 35.6 Å². The lowest BCUT2D eigenvalue weighted by molar-refractivity contribution is 0.201. The molecule has 1 atom stereocenters. The van der Waals surface area contributed by atoms with Gasteiger partial charge in [-0.1, -0.05) is 6.42 Å². The molecule has 94 valence electrons. The van der Waals surface area contributed by atoms with Crippen LogP contribution >= 0.6 is 11.3 Å². The Morgan fingerprint density at radius 2 is 2.41 bits per heavy atom. The molecule has 1 saturated heterocycles. The van der Waals surface area contributed by atoms with E-state index in [1.807, 2.05) is 11.3 Å². The average molecular weight is 251 g/mol. The third-order valence-corrected chi connectivity index (χ3v) is 5.00. The standard InChI is InChI=1S/C13H21N3S/c1-10-8-16(6-5-14-10)9-12-7-15-13(17-12)11-3-2-4-11/h7,10-11,14H,2-6,8-9H2,1H3/t10-/m1/s1. The second-order valence-electron chi connectivity index (χ2n) is 5.38. The van der Waals surface area contributed by atoms with Gasteiger partial charge in [-0.15, -0.1) is 11.3 Å². The Kier molecular flexibility index (Phi) is 3.45. The topological polar surface area (TPSA) is 28.2 Å². The van der Waals surface area contributed by atoms with Crippen LogP contribution in [0.4, 0.5) is 0 Å². The van der Waals surface area contributed by atoms with Crippen LogP contribution in [0.3, 0.4) is 0 Å². The van der Waals surface area contributed by atoms with Gasteiger partial charge in [-0.3, -0.25) is 4.90 Å². The summed E-state index contributed by atoms with van der Waals surface area (Å²) >= 11 is 1.94. The van der Waals surface area contributed by atoms with E-state index in [-0.39, 0.29) is 0 Å². The highest BCUT2D eigenvalue weighted by molar-refractivity contribution is 7.11. The predicted molar refractivity (Wildman–Crippen MR) is 71.4 cm³/mol. The van der Waals surface area contributed by atoms with Crippen molar-refractivity contribution in [3.8, 4) is 0 Å². The minimum Gasteiger partial charge on any atom is -0.312 e. The third-order valence-electron chi connectivity index (χ3n) is 3.86. The molecule has 1 aromatic rings. The van der Waals surface area contributed by atoms with Crippen molar-refractivity contribution in [1.82, 2.24) is 15.2 Å². The van der Waals surface area contributed by atoms with Crippen molar-refractivity contribution < 1.29 is 0 Å². The molecule has 4 heteroatoms. The Bertz CT molecular complexity index is 372. The van der Waals surface area contributed by atoms with Crippen LogP contribution in [0.1, 0.15) is 42.0 Å². The number of rotatable bonds is 3. The van der Waals surface area contributed by atoms with Gasteiger partial charge in [0.2, 0.25) is 0 Å². The van der Waals surface area contributed by atoms with Crippen LogP contribution in [0.25, 0.3) is 0 Å². The monoisotopic (exact) mass is 251 g/mol. The number of hydrogen-bond donors (Lipinski definition) is 1. The molecular weight excluding hydrogens is 230 g/mol. The fraction of sp³-hybridized carbons (Fsp3) is 0.769. The Morgan fingerprint density at radius 3 is 3.12 bits per heavy atom. The summed E-state index contributed by atoms with van der Waals surface area (Å²) in [7, 11) is 0. The van der Waals surface area contributed by atoms with Crippen molar-refractivity contribution in [1.29, 1.82) is 0 Å². The zero-order valence-electron chi connectivity index (χ0n) is 10.5. The van der Waals surface area contributed by atoms with Gasteiger partial charge >= 0.3 is 0 Å². The number of aromatic nitrogens is 1. The zero-order chi connectivity index (χ0) is 11.7. The van der Waals surface area contributed by atoms with E-state index in [1.54, 1.807) is 0 Å². The van der Waals surface area contributed by atoms with Crippen molar-refractivity contribution in [2.24, 2.45) is 0 Å². The predicted octanol–water partition coefficient (Wildman–Crippen LogP) is 2.20. The summed E-state index contributed by atoms with van der Waals surface area (Å²) in [5.74, 6) is 0.788. The Hall–Kier alpha value is -0.450. The summed E-state index contributed by atoms with van der Waals surface area (Å²) in [5.41, 5.74) is 0. The maximum atomic E-state index is 4.60. The van der Waals surface area contributed by atoms with E-state index in [4.69, 9.17) is 0 Å². The first-order chi connectivity index (χ1) is 8.31. The smallest absolute Gasteiger partial charge is 0.0959 e. The van der Waals surface area contributed by atoms with Crippen LogP contribution < -0.4 is 5.32 Å². The normalized spacial score (nSPS) is 27.0. The van der Waals surface area contributed by atoms with Crippen molar-refractivity contribution in [3.63, 3.8) is 0 Å². The van der Waals surface area contributed by atoms with Gasteiger partial charge in [0.15, 0.2) is 0 Å². The summed E-state index contributed by atoms with van der Waals surface area (Å²) in [6.07, 6.45) is 6.22. The molecule has 1 aliphatic heterocycles. The maximum absolute atomic E-state index is 4.60.